The maximum absolute atomic E-state index is 12.2. The van der Waals surface area contributed by atoms with E-state index in [-0.39, 0.29) is 0 Å². The van der Waals surface area contributed by atoms with Crippen molar-refractivity contribution in [3.8, 4) is 0 Å². The highest BCUT2D eigenvalue weighted by Gasteiger charge is 2.05. The van der Waals surface area contributed by atoms with Gasteiger partial charge >= 0.3 is 0 Å². The molecule has 0 spiro atoms. The Morgan fingerprint density at radius 1 is 1.29 bits per heavy atom. The van der Waals surface area contributed by atoms with Gasteiger partial charge in [0.1, 0.15) is 0 Å². The highest BCUT2D eigenvalue weighted by atomic mass is 32.2. The molecule has 0 saturated heterocycles. The summed E-state index contributed by atoms with van der Waals surface area (Å²) >= 11 is 0. The van der Waals surface area contributed by atoms with Gasteiger partial charge in [-0.25, -0.2) is 8.57 Å². The SMILES string of the molecule is C=CCN=S(=O)(C=C)c1ccccc1. The highest BCUT2D eigenvalue weighted by Crippen LogP contribution is 2.13. The van der Waals surface area contributed by atoms with Crippen LogP contribution in [0.2, 0.25) is 0 Å². The Kier molecular flexibility index (Phi) is 3.65. The van der Waals surface area contributed by atoms with Gasteiger partial charge in [0.15, 0.2) is 0 Å². The molecule has 0 fully saturated rings. The van der Waals surface area contributed by atoms with E-state index in [2.05, 4.69) is 17.5 Å². The first-order valence-electron chi connectivity index (χ1n) is 4.24. The molecule has 1 unspecified atom stereocenters. The van der Waals surface area contributed by atoms with Gasteiger partial charge in [-0.15, -0.1) is 6.58 Å². The fourth-order valence-electron chi connectivity index (χ4n) is 1.00. The van der Waals surface area contributed by atoms with Gasteiger partial charge in [-0.3, -0.25) is 0 Å². The predicted octanol–water partition coefficient (Wildman–Crippen LogP) is 2.84. The molecular formula is C11H13NOS. The van der Waals surface area contributed by atoms with Crippen LogP contribution in [0.5, 0.6) is 0 Å². The molecule has 0 aromatic heterocycles. The lowest BCUT2D eigenvalue weighted by Crippen LogP contribution is -1.96. The molecule has 2 nitrogen and oxygen atoms in total. The van der Waals surface area contributed by atoms with E-state index < -0.39 is 9.73 Å². The standard InChI is InChI=1S/C11H13NOS/c1-3-10-12-14(13,4-2)11-8-6-5-7-9-11/h3-9H,1-2,10H2. The van der Waals surface area contributed by atoms with E-state index in [0.29, 0.717) is 11.4 Å². The zero-order valence-electron chi connectivity index (χ0n) is 7.93. The fraction of sp³-hybridized carbons (Fsp3) is 0.0909. The molecule has 1 aromatic carbocycles. The van der Waals surface area contributed by atoms with Gasteiger partial charge in [-0.1, -0.05) is 30.9 Å². The van der Waals surface area contributed by atoms with Crippen LogP contribution in [0.3, 0.4) is 0 Å². The molecule has 1 aromatic rings. The molecule has 1 atom stereocenters. The molecule has 0 aliphatic heterocycles. The van der Waals surface area contributed by atoms with Crippen molar-refractivity contribution in [2.75, 3.05) is 6.54 Å². The molecule has 74 valence electrons. The van der Waals surface area contributed by atoms with Gasteiger partial charge in [-0.05, 0) is 12.1 Å². The third kappa shape index (κ3) is 2.33. The largest absolute Gasteiger partial charge is 0.240 e. The quantitative estimate of drug-likeness (QED) is 0.698. The molecule has 0 bridgehead atoms. The van der Waals surface area contributed by atoms with Crippen molar-refractivity contribution >= 4 is 9.73 Å². The third-order valence-electron chi connectivity index (χ3n) is 1.70. The predicted molar refractivity (Wildman–Crippen MR) is 60.5 cm³/mol. The van der Waals surface area contributed by atoms with Gasteiger partial charge in [-0.2, -0.15) is 0 Å². The van der Waals surface area contributed by atoms with Crippen LogP contribution in [0.25, 0.3) is 0 Å². The average Bonchev–Trinajstić information content (AvgIpc) is 2.27. The number of hydrogen-bond acceptors (Lipinski definition) is 2. The van der Waals surface area contributed by atoms with E-state index in [9.17, 15) is 4.21 Å². The third-order valence-corrected chi connectivity index (χ3v) is 3.63. The van der Waals surface area contributed by atoms with Crippen molar-refractivity contribution < 1.29 is 4.21 Å². The Bertz CT molecular complexity index is 428. The van der Waals surface area contributed by atoms with E-state index in [4.69, 9.17) is 0 Å². The summed E-state index contributed by atoms with van der Waals surface area (Å²) in [6.45, 7) is 7.47. The summed E-state index contributed by atoms with van der Waals surface area (Å²) in [7, 11) is -2.45. The normalized spacial score (nSPS) is 14.0. The van der Waals surface area contributed by atoms with E-state index in [0.717, 1.165) is 0 Å². The van der Waals surface area contributed by atoms with Gasteiger partial charge in [0.05, 0.1) is 21.2 Å². The van der Waals surface area contributed by atoms with E-state index in [1.165, 1.54) is 5.41 Å². The van der Waals surface area contributed by atoms with Crippen LogP contribution in [0.1, 0.15) is 0 Å². The maximum Gasteiger partial charge on any atom is 0.0966 e. The Morgan fingerprint density at radius 3 is 2.43 bits per heavy atom. The summed E-state index contributed by atoms with van der Waals surface area (Å²) in [6.07, 6.45) is 1.62. The minimum Gasteiger partial charge on any atom is -0.240 e. The number of benzene rings is 1. The molecule has 1 rings (SSSR count). The van der Waals surface area contributed by atoms with E-state index >= 15 is 0 Å². The Hall–Kier alpha value is -1.35. The second-order valence-electron chi connectivity index (χ2n) is 2.65. The molecule has 0 radical (unpaired) electrons. The van der Waals surface area contributed by atoms with Crippen molar-refractivity contribution in [3.63, 3.8) is 0 Å². The van der Waals surface area contributed by atoms with Gasteiger partial charge in [0.2, 0.25) is 0 Å². The lowest BCUT2D eigenvalue weighted by atomic mass is 10.4. The van der Waals surface area contributed by atoms with Crippen LogP contribution in [0.15, 0.2) is 64.2 Å². The van der Waals surface area contributed by atoms with Crippen molar-refractivity contribution in [1.29, 1.82) is 0 Å². The lowest BCUT2D eigenvalue weighted by molar-refractivity contribution is 0.681. The second-order valence-corrected chi connectivity index (χ2v) is 4.85. The number of hydrogen-bond donors (Lipinski definition) is 0. The highest BCUT2D eigenvalue weighted by molar-refractivity contribution is 7.96. The monoisotopic (exact) mass is 207 g/mol. The summed E-state index contributed by atoms with van der Waals surface area (Å²) in [5, 5.41) is 1.39. The molecule has 0 heterocycles. The first-order valence-corrected chi connectivity index (χ1v) is 5.82. The van der Waals surface area contributed by atoms with Crippen molar-refractivity contribution in [1.82, 2.24) is 0 Å². The van der Waals surface area contributed by atoms with Crippen LogP contribution in [-0.4, -0.2) is 10.8 Å². The topological polar surface area (TPSA) is 29.4 Å². The smallest absolute Gasteiger partial charge is 0.0966 e. The fourth-order valence-corrected chi connectivity index (χ4v) is 2.32. The Labute approximate surface area is 85.2 Å². The van der Waals surface area contributed by atoms with Crippen LogP contribution >= 0.6 is 0 Å². The van der Waals surface area contributed by atoms with E-state index in [1.807, 2.05) is 18.2 Å². The molecule has 0 amide bonds. The molecule has 14 heavy (non-hydrogen) atoms. The summed E-state index contributed by atoms with van der Waals surface area (Å²) in [6, 6.07) is 9.12. The zero-order valence-corrected chi connectivity index (χ0v) is 8.74. The van der Waals surface area contributed by atoms with Crippen LogP contribution in [0.4, 0.5) is 0 Å². The second kappa shape index (κ2) is 4.77. The minimum atomic E-state index is -2.45. The van der Waals surface area contributed by atoms with Gasteiger partial charge < -0.3 is 0 Å². The van der Waals surface area contributed by atoms with E-state index in [1.54, 1.807) is 18.2 Å². The Balaban J connectivity index is 3.22. The molecule has 0 saturated carbocycles. The average molecular weight is 207 g/mol. The first-order chi connectivity index (χ1) is 6.73. The van der Waals surface area contributed by atoms with Gasteiger partial charge in [0.25, 0.3) is 0 Å². The molecule has 0 aliphatic rings. The lowest BCUT2D eigenvalue weighted by Gasteiger charge is -2.03. The molecular weight excluding hydrogens is 194 g/mol. The van der Waals surface area contributed by atoms with Crippen LogP contribution in [-0.2, 0) is 9.73 Å². The minimum absolute atomic E-state index is 0.375. The number of rotatable bonds is 4. The van der Waals surface area contributed by atoms with Crippen molar-refractivity contribution in [3.05, 3.63) is 55.0 Å². The van der Waals surface area contributed by atoms with Crippen molar-refractivity contribution in [2.45, 2.75) is 4.90 Å². The Morgan fingerprint density at radius 2 is 1.93 bits per heavy atom. The summed E-state index contributed by atoms with van der Waals surface area (Å²) in [5.74, 6) is 0. The molecule has 0 aliphatic carbocycles. The molecule has 0 N–H and O–H groups in total. The van der Waals surface area contributed by atoms with Crippen molar-refractivity contribution in [2.24, 2.45) is 4.36 Å². The zero-order chi connectivity index (χ0) is 10.4. The summed E-state index contributed by atoms with van der Waals surface area (Å²) in [4.78, 5) is 0.692. The van der Waals surface area contributed by atoms with Crippen LogP contribution in [0, 0.1) is 0 Å². The first kappa shape index (κ1) is 10.7. The summed E-state index contributed by atoms with van der Waals surface area (Å²) < 4.78 is 16.2. The van der Waals surface area contributed by atoms with Crippen LogP contribution < -0.4 is 0 Å². The number of nitrogens with zero attached hydrogens (tertiary/aromatic N) is 1. The van der Waals surface area contributed by atoms with Gasteiger partial charge in [0, 0.05) is 5.41 Å². The maximum atomic E-state index is 12.2. The molecule has 3 heteroatoms. The summed E-state index contributed by atoms with van der Waals surface area (Å²) in [5.41, 5.74) is 0.